The molecule has 0 aromatic rings. The fourth-order valence-corrected chi connectivity index (χ4v) is 1.74. The molecule has 0 bridgehead atoms. The van der Waals surface area contributed by atoms with Crippen molar-refractivity contribution >= 4 is 18.1 Å². The first-order valence-corrected chi connectivity index (χ1v) is 7.67. The van der Waals surface area contributed by atoms with E-state index < -0.39 is 5.91 Å². The Balaban J connectivity index is 3.48. The molecule has 0 aromatic carbocycles. The predicted molar refractivity (Wildman–Crippen MR) is 79.7 cm³/mol. The van der Waals surface area contributed by atoms with Crippen molar-refractivity contribution in [2.75, 3.05) is 13.1 Å². The van der Waals surface area contributed by atoms with E-state index in [1.54, 1.807) is 0 Å². The van der Waals surface area contributed by atoms with Crippen molar-refractivity contribution in [3.05, 3.63) is 0 Å². The number of nitrogens with one attached hydrogen (secondary N) is 1. The van der Waals surface area contributed by atoms with Crippen LogP contribution in [0.4, 0.5) is 0 Å². The second kappa shape index (κ2) is 12.3. The molecule has 0 unspecified atom stereocenters. The van der Waals surface area contributed by atoms with Crippen LogP contribution in [0.3, 0.4) is 0 Å². The maximum atomic E-state index is 11.4. The summed E-state index contributed by atoms with van der Waals surface area (Å²) in [5.74, 6) is 0.184. The van der Waals surface area contributed by atoms with Crippen molar-refractivity contribution in [2.45, 2.75) is 58.8 Å². The van der Waals surface area contributed by atoms with Gasteiger partial charge in [0.15, 0.2) is 0 Å². The molecular weight excluding hydrogens is 272 g/mol. The van der Waals surface area contributed by atoms with Crippen LogP contribution in [0.25, 0.3) is 0 Å². The lowest BCUT2D eigenvalue weighted by molar-refractivity contribution is -0.165. The maximum absolute atomic E-state index is 11.4. The number of hydrogen-bond acceptors (Lipinski definition) is 4. The molecule has 0 radical (unpaired) electrons. The summed E-state index contributed by atoms with van der Waals surface area (Å²) < 4.78 is 0. The van der Waals surface area contributed by atoms with E-state index in [2.05, 4.69) is 19.2 Å². The van der Waals surface area contributed by atoms with Crippen LogP contribution in [0.15, 0.2) is 0 Å². The third-order valence-corrected chi connectivity index (χ3v) is 3.08. The molecule has 2 N–H and O–H groups in total. The molecule has 0 spiro atoms. The molecule has 21 heavy (non-hydrogen) atoms. The molecule has 0 atom stereocenters. The molecule has 0 rings (SSSR count). The van der Waals surface area contributed by atoms with Crippen LogP contribution >= 0.6 is 0 Å². The van der Waals surface area contributed by atoms with Crippen LogP contribution in [-0.4, -0.2) is 41.5 Å². The average molecular weight is 300 g/mol. The van der Waals surface area contributed by atoms with Crippen LogP contribution in [0.2, 0.25) is 0 Å². The monoisotopic (exact) mass is 300 g/mol. The lowest BCUT2D eigenvalue weighted by Gasteiger charge is -2.14. The first kappa shape index (κ1) is 19.6. The van der Waals surface area contributed by atoms with Crippen molar-refractivity contribution < 1.29 is 19.6 Å². The van der Waals surface area contributed by atoms with Crippen LogP contribution in [0.1, 0.15) is 58.8 Å². The van der Waals surface area contributed by atoms with Gasteiger partial charge >= 0.3 is 0 Å². The summed E-state index contributed by atoms with van der Waals surface area (Å²) in [6.07, 6.45) is 4.62. The maximum Gasteiger partial charge on any atom is 0.246 e. The summed E-state index contributed by atoms with van der Waals surface area (Å²) >= 11 is 0. The minimum atomic E-state index is -0.427. The van der Waals surface area contributed by atoms with E-state index in [0.717, 1.165) is 19.3 Å². The standard InChI is InChI=1S/C15H28N2O4/c1-13(2)8-9-14(19)16-10-4-3-5-11-17(21)15(20)7-6-12-18/h12-13,21H,3-11H2,1-2H3,(H,16,19). The third kappa shape index (κ3) is 12.1. The van der Waals surface area contributed by atoms with Gasteiger partial charge in [-0.1, -0.05) is 13.8 Å². The summed E-state index contributed by atoms with van der Waals surface area (Å²) in [4.78, 5) is 32.9. The largest absolute Gasteiger partial charge is 0.356 e. The van der Waals surface area contributed by atoms with E-state index in [9.17, 15) is 19.6 Å². The van der Waals surface area contributed by atoms with Crippen LogP contribution < -0.4 is 5.32 Å². The average Bonchev–Trinajstić information content (AvgIpc) is 2.45. The highest BCUT2D eigenvalue weighted by Gasteiger charge is 2.09. The van der Waals surface area contributed by atoms with Gasteiger partial charge in [-0.3, -0.25) is 14.8 Å². The van der Waals surface area contributed by atoms with E-state index in [1.807, 2.05) is 0 Å². The summed E-state index contributed by atoms with van der Waals surface area (Å²) in [5.41, 5.74) is 0. The number of nitrogens with zero attached hydrogens (tertiary/aromatic N) is 1. The van der Waals surface area contributed by atoms with Crippen molar-refractivity contribution in [1.29, 1.82) is 0 Å². The SMILES string of the molecule is CC(C)CCC(=O)NCCCCCN(O)C(=O)CCC=O. The Morgan fingerprint density at radius 3 is 2.52 bits per heavy atom. The summed E-state index contributed by atoms with van der Waals surface area (Å²) in [6, 6.07) is 0. The Morgan fingerprint density at radius 1 is 1.19 bits per heavy atom. The second-order valence-electron chi connectivity index (χ2n) is 5.57. The summed E-state index contributed by atoms with van der Waals surface area (Å²) in [6.45, 7) is 5.06. The molecule has 0 aromatic heterocycles. The fourth-order valence-electron chi connectivity index (χ4n) is 1.74. The fraction of sp³-hybridized carbons (Fsp3) is 0.800. The number of unbranched alkanes of at least 4 members (excludes halogenated alkanes) is 2. The van der Waals surface area contributed by atoms with Gasteiger partial charge in [-0.2, -0.15) is 0 Å². The van der Waals surface area contributed by atoms with Crippen molar-refractivity contribution in [2.24, 2.45) is 5.92 Å². The minimum absolute atomic E-state index is 0.0475. The van der Waals surface area contributed by atoms with Gasteiger partial charge < -0.3 is 10.1 Å². The van der Waals surface area contributed by atoms with Crippen molar-refractivity contribution in [3.63, 3.8) is 0 Å². The summed E-state index contributed by atoms with van der Waals surface area (Å²) in [7, 11) is 0. The van der Waals surface area contributed by atoms with Gasteiger partial charge in [0.25, 0.3) is 0 Å². The third-order valence-electron chi connectivity index (χ3n) is 3.08. The zero-order valence-corrected chi connectivity index (χ0v) is 13.1. The Bertz CT molecular complexity index is 319. The quantitative estimate of drug-likeness (QED) is 0.249. The van der Waals surface area contributed by atoms with Crippen LogP contribution in [0.5, 0.6) is 0 Å². The van der Waals surface area contributed by atoms with Gasteiger partial charge in [-0.15, -0.1) is 0 Å². The first-order valence-electron chi connectivity index (χ1n) is 7.67. The number of hydrogen-bond donors (Lipinski definition) is 2. The zero-order chi connectivity index (χ0) is 16.1. The normalized spacial score (nSPS) is 10.5. The highest BCUT2D eigenvalue weighted by Crippen LogP contribution is 2.03. The number of carbonyl (C=O) groups is 3. The molecule has 6 nitrogen and oxygen atoms in total. The Kier molecular flexibility index (Phi) is 11.5. The molecule has 0 saturated heterocycles. The Morgan fingerprint density at radius 2 is 1.90 bits per heavy atom. The van der Waals surface area contributed by atoms with Crippen molar-refractivity contribution in [1.82, 2.24) is 10.4 Å². The smallest absolute Gasteiger partial charge is 0.246 e. The number of aldehydes is 1. The second-order valence-corrected chi connectivity index (χ2v) is 5.57. The molecule has 0 fully saturated rings. The molecule has 0 saturated carbocycles. The van der Waals surface area contributed by atoms with E-state index in [-0.39, 0.29) is 25.3 Å². The number of amides is 2. The highest BCUT2D eigenvalue weighted by atomic mass is 16.5. The van der Waals surface area contributed by atoms with Crippen LogP contribution in [-0.2, 0) is 14.4 Å². The van der Waals surface area contributed by atoms with Crippen LogP contribution in [0, 0.1) is 5.92 Å². The van der Waals surface area contributed by atoms with E-state index in [4.69, 9.17) is 0 Å². The minimum Gasteiger partial charge on any atom is -0.356 e. The van der Waals surface area contributed by atoms with Crippen molar-refractivity contribution in [3.8, 4) is 0 Å². The first-order chi connectivity index (χ1) is 9.97. The van der Waals surface area contributed by atoms with Gasteiger partial charge in [-0.05, 0) is 31.6 Å². The Labute approximate surface area is 126 Å². The number of rotatable bonds is 12. The highest BCUT2D eigenvalue weighted by molar-refractivity contribution is 5.77. The zero-order valence-electron chi connectivity index (χ0n) is 13.1. The van der Waals surface area contributed by atoms with Gasteiger partial charge in [0.05, 0.1) is 0 Å². The molecule has 0 aliphatic heterocycles. The topological polar surface area (TPSA) is 86.7 Å². The molecule has 2 amide bonds. The van der Waals surface area contributed by atoms with E-state index in [1.165, 1.54) is 0 Å². The molecule has 0 aliphatic carbocycles. The molecule has 0 heterocycles. The molecule has 0 aliphatic rings. The van der Waals surface area contributed by atoms with Gasteiger partial charge in [0.2, 0.25) is 11.8 Å². The van der Waals surface area contributed by atoms with E-state index >= 15 is 0 Å². The summed E-state index contributed by atoms with van der Waals surface area (Å²) in [5, 5.41) is 12.9. The lowest BCUT2D eigenvalue weighted by atomic mass is 10.1. The molecular formula is C15H28N2O4. The Hall–Kier alpha value is -1.43. The predicted octanol–water partition coefficient (Wildman–Crippen LogP) is 1.91. The van der Waals surface area contributed by atoms with Gasteiger partial charge in [0.1, 0.15) is 6.29 Å². The number of carbonyl (C=O) groups excluding carboxylic acids is 3. The van der Waals surface area contributed by atoms with E-state index in [0.29, 0.717) is 36.7 Å². The molecule has 122 valence electrons. The van der Waals surface area contributed by atoms with Gasteiger partial charge in [0, 0.05) is 32.4 Å². The molecule has 6 heteroatoms. The van der Waals surface area contributed by atoms with Gasteiger partial charge in [-0.25, -0.2) is 5.06 Å². The number of hydroxylamine groups is 2. The lowest BCUT2D eigenvalue weighted by Crippen LogP contribution is -2.28.